The Morgan fingerprint density at radius 2 is 1.82 bits per heavy atom. The van der Waals surface area contributed by atoms with E-state index in [9.17, 15) is 0 Å². The molecule has 0 spiro atoms. The third kappa shape index (κ3) is 1.01. The first-order valence-corrected chi connectivity index (χ1v) is 7.54. The van der Waals surface area contributed by atoms with E-state index in [2.05, 4.69) is 18.2 Å². The number of fused-ring (bicyclic) bond motifs is 1. The first kappa shape index (κ1) is 9.19. The Morgan fingerprint density at radius 1 is 0.882 bits per heavy atom. The summed E-state index contributed by atoms with van der Waals surface area (Å²) in [6.07, 6.45) is 16.5. The second kappa shape index (κ2) is 2.96. The van der Waals surface area contributed by atoms with Gasteiger partial charge in [0.05, 0.1) is 0 Å². The highest BCUT2D eigenvalue weighted by Crippen LogP contribution is 2.60. The fraction of sp³-hybridized carbons (Fsp3) is 0.647. The van der Waals surface area contributed by atoms with Gasteiger partial charge in [-0.25, -0.2) is 0 Å². The van der Waals surface area contributed by atoms with Crippen molar-refractivity contribution < 1.29 is 0 Å². The topological polar surface area (TPSA) is 0 Å². The van der Waals surface area contributed by atoms with Crippen LogP contribution in [0.15, 0.2) is 34.9 Å². The molecule has 8 rings (SSSR count). The molecule has 88 valence electrons. The fourth-order valence-electron chi connectivity index (χ4n) is 5.79. The molecule has 0 aromatic carbocycles. The minimum absolute atomic E-state index is 0.909. The first-order chi connectivity index (χ1) is 8.42. The van der Waals surface area contributed by atoms with Crippen molar-refractivity contribution in [3.05, 3.63) is 34.9 Å². The third-order valence-corrected chi connectivity index (χ3v) is 6.45. The highest BCUT2D eigenvalue weighted by Gasteiger charge is 2.48. The maximum Gasteiger partial charge on any atom is -0.0122 e. The van der Waals surface area contributed by atoms with Crippen LogP contribution in [0.5, 0.6) is 0 Å². The van der Waals surface area contributed by atoms with Crippen LogP contribution < -0.4 is 0 Å². The minimum atomic E-state index is 0.909. The molecule has 8 bridgehead atoms. The zero-order valence-electron chi connectivity index (χ0n) is 10.4. The molecule has 4 fully saturated rings. The van der Waals surface area contributed by atoms with E-state index >= 15 is 0 Å². The number of allylic oxidation sites excluding steroid dienone is 6. The second-order valence-electron chi connectivity index (χ2n) is 6.88. The standard InChI is InChI=1S/C17H20/c1-3-12-11-2-4-16-14(12)7-8-15-13(10(1)9-11)5-6-17(15)16/h5-6,8,10-12,14,16H,1-4,7,9H2. The number of hydrogen-bond donors (Lipinski definition) is 0. The van der Waals surface area contributed by atoms with Crippen LogP contribution in [0.25, 0.3) is 0 Å². The van der Waals surface area contributed by atoms with Crippen molar-refractivity contribution in [2.24, 2.45) is 29.6 Å². The summed E-state index contributed by atoms with van der Waals surface area (Å²) in [6, 6.07) is 0. The predicted octanol–water partition coefficient (Wildman–Crippen LogP) is 4.26. The molecule has 0 aromatic rings. The summed E-state index contributed by atoms with van der Waals surface area (Å²) in [5.41, 5.74) is 5.17. The molecule has 17 heavy (non-hydrogen) atoms. The maximum absolute atomic E-state index is 2.60. The van der Waals surface area contributed by atoms with Crippen molar-refractivity contribution in [2.45, 2.75) is 38.5 Å². The summed E-state index contributed by atoms with van der Waals surface area (Å²) in [6.45, 7) is 0. The van der Waals surface area contributed by atoms with Crippen molar-refractivity contribution in [2.75, 3.05) is 0 Å². The molecule has 0 aliphatic heterocycles. The lowest BCUT2D eigenvalue weighted by molar-refractivity contribution is 0.0594. The predicted molar refractivity (Wildman–Crippen MR) is 69.4 cm³/mol. The summed E-state index contributed by atoms with van der Waals surface area (Å²) in [5.74, 6) is 5.00. The van der Waals surface area contributed by atoms with Crippen molar-refractivity contribution >= 4 is 0 Å². The van der Waals surface area contributed by atoms with Gasteiger partial charge in [-0.1, -0.05) is 18.2 Å². The normalized spacial score (nSPS) is 49.4. The van der Waals surface area contributed by atoms with Gasteiger partial charge in [0.2, 0.25) is 0 Å². The van der Waals surface area contributed by atoms with E-state index in [4.69, 9.17) is 0 Å². The molecule has 0 heteroatoms. The Morgan fingerprint density at radius 3 is 2.82 bits per heavy atom. The van der Waals surface area contributed by atoms with Crippen LogP contribution in [0.4, 0.5) is 0 Å². The Hall–Kier alpha value is -0.780. The SMILES string of the molecule is C1=C2C3=CC=C2C2CCC4CC3CCC4C2C1. The zero-order chi connectivity index (χ0) is 11.0. The minimum Gasteiger partial charge on any atom is -0.0764 e. The molecule has 4 saturated carbocycles. The second-order valence-corrected chi connectivity index (χ2v) is 6.88. The van der Waals surface area contributed by atoms with E-state index in [1.807, 2.05) is 0 Å². The molecule has 8 aliphatic rings. The zero-order valence-corrected chi connectivity index (χ0v) is 10.4. The lowest BCUT2D eigenvalue weighted by atomic mass is 9.58. The van der Waals surface area contributed by atoms with Crippen molar-refractivity contribution in [1.82, 2.24) is 0 Å². The molecule has 5 unspecified atom stereocenters. The van der Waals surface area contributed by atoms with Crippen molar-refractivity contribution in [3.8, 4) is 0 Å². The van der Waals surface area contributed by atoms with E-state index in [0.29, 0.717) is 0 Å². The van der Waals surface area contributed by atoms with Gasteiger partial charge in [-0.2, -0.15) is 0 Å². The van der Waals surface area contributed by atoms with Gasteiger partial charge in [0, 0.05) is 0 Å². The molecule has 0 N–H and O–H groups in total. The van der Waals surface area contributed by atoms with Gasteiger partial charge in [0.1, 0.15) is 0 Å². The molecule has 0 amide bonds. The molecule has 0 nitrogen and oxygen atoms in total. The summed E-state index contributed by atoms with van der Waals surface area (Å²) in [7, 11) is 0. The van der Waals surface area contributed by atoms with Crippen LogP contribution in [0.2, 0.25) is 0 Å². The number of hydrogen-bond acceptors (Lipinski definition) is 0. The first-order valence-electron chi connectivity index (χ1n) is 7.54. The molecule has 5 atom stereocenters. The largest absolute Gasteiger partial charge is 0.0764 e. The molecule has 8 aliphatic carbocycles. The Bertz CT molecular complexity index is 476. The van der Waals surface area contributed by atoms with Gasteiger partial charge in [-0.3, -0.25) is 0 Å². The molecule has 0 saturated heterocycles. The van der Waals surface area contributed by atoms with Gasteiger partial charge in [-0.15, -0.1) is 0 Å². The summed E-state index contributed by atoms with van der Waals surface area (Å²) in [5, 5.41) is 0. The summed E-state index contributed by atoms with van der Waals surface area (Å²) < 4.78 is 0. The molecule has 0 aromatic heterocycles. The van der Waals surface area contributed by atoms with Crippen LogP contribution in [-0.4, -0.2) is 0 Å². The van der Waals surface area contributed by atoms with E-state index in [1.165, 1.54) is 38.5 Å². The van der Waals surface area contributed by atoms with Crippen LogP contribution in [0.1, 0.15) is 38.5 Å². The third-order valence-electron chi connectivity index (χ3n) is 6.45. The Labute approximate surface area is 103 Å². The van der Waals surface area contributed by atoms with Crippen LogP contribution >= 0.6 is 0 Å². The molecule has 0 heterocycles. The quantitative estimate of drug-likeness (QED) is 0.577. The van der Waals surface area contributed by atoms with Crippen molar-refractivity contribution in [3.63, 3.8) is 0 Å². The van der Waals surface area contributed by atoms with Crippen LogP contribution in [0.3, 0.4) is 0 Å². The van der Waals surface area contributed by atoms with Gasteiger partial charge in [0.25, 0.3) is 0 Å². The molecular weight excluding hydrogens is 204 g/mol. The highest BCUT2D eigenvalue weighted by molar-refractivity contribution is 5.59. The number of rotatable bonds is 0. The monoisotopic (exact) mass is 224 g/mol. The van der Waals surface area contributed by atoms with Crippen molar-refractivity contribution in [1.29, 1.82) is 0 Å². The van der Waals surface area contributed by atoms with Crippen LogP contribution in [0, 0.1) is 29.6 Å². The lowest BCUT2D eigenvalue weighted by Gasteiger charge is -2.47. The van der Waals surface area contributed by atoms with Gasteiger partial charge in [0.15, 0.2) is 0 Å². The van der Waals surface area contributed by atoms with Crippen LogP contribution in [-0.2, 0) is 0 Å². The van der Waals surface area contributed by atoms with Gasteiger partial charge >= 0.3 is 0 Å². The molecular formula is C17H20. The maximum atomic E-state index is 2.60. The Balaban J connectivity index is 1.78. The average Bonchev–Trinajstić information content (AvgIpc) is 2.86. The molecule has 0 radical (unpaired) electrons. The summed E-state index contributed by atoms with van der Waals surface area (Å²) >= 11 is 0. The van der Waals surface area contributed by atoms with E-state index in [-0.39, 0.29) is 0 Å². The Kier molecular flexibility index (Phi) is 1.60. The van der Waals surface area contributed by atoms with E-state index < -0.39 is 0 Å². The van der Waals surface area contributed by atoms with Gasteiger partial charge < -0.3 is 0 Å². The van der Waals surface area contributed by atoms with Gasteiger partial charge in [-0.05, 0) is 84.8 Å². The fourth-order valence-corrected chi connectivity index (χ4v) is 5.79. The summed E-state index contributed by atoms with van der Waals surface area (Å²) in [4.78, 5) is 0. The smallest absolute Gasteiger partial charge is 0.0122 e. The van der Waals surface area contributed by atoms with E-state index in [0.717, 1.165) is 29.6 Å². The average molecular weight is 224 g/mol. The highest BCUT2D eigenvalue weighted by atomic mass is 14.5. The van der Waals surface area contributed by atoms with E-state index in [1.54, 1.807) is 16.7 Å². The lowest BCUT2D eigenvalue weighted by Crippen LogP contribution is -2.38.